The van der Waals surface area contributed by atoms with E-state index in [0.29, 0.717) is 53.6 Å². The number of nitrogens with zero attached hydrogens (tertiary/aromatic N) is 2. The van der Waals surface area contributed by atoms with E-state index in [1.54, 1.807) is 24.3 Å². The van der Waals surface area contributed by atoms with Gasteiger partial charge in [-0.15, -0.1) is 0 Å². The Morgan fingerprint density at radius 2 is 2.21 bits per heavy atom. The third-order valence-electron chi connectivity index (χ3n) is 3.84. The minimum atomic E-state index is -0.151. The fraction of sp³-hybridized carbons (Fsp3) is 0.316. The van der Waals surface area contributed by atoms with Crippen molar-refractivity contribution < 1.29 is 23.2 Å². The van der Waals surface area contributed by atoms with Gasteiger partial charge < -0.3 is 23.7 Å². The summed E-state index contributed by atoms with van der Waals surface area (Å²) in [6, 6.07) is 6.99. The van der Waals surface area contributed by atoms with Crippen LogP contribution >= 0.6 is 11.6 Å². The Labute approximate surface area is 166 Å². The van der Waals surface area contributed by atoms with Crippen LogP contribution in [0.2, 0.25) is 5.02 Å². The minimum Gasteiger partial charge on any atom is -0.493 e. The van der Waals surface area contributed by atoms with E-state index in [4.69, 9.17) is 30.0 Å². The average molecular weight is 406 g/mol. The second-order valence-corrected chi connectivity index (χ2v) is 6.21. The number of rotatable bonds is 9. The number of benzene rings is 1. The summed E-state index contributed by atoms with van der Waals surface area (Å²) < 4.78 is 21.1. The van der Waals surface area contributed by atoms with Crippen molar-refractivity contribution in [3.8, 4) is 23.1 Å². The van der Waals surface area contributed by atoms with E-state index >= 15 is 0 Å². The maximum atomic E-state index is 12.1. The van der Waals surface area contributed by atoms with Crippen LogP contribution in [0.4, 0.5) is 0 Å². The van der Waals surface area contributed by atoms with Crippen molar-refractivity contribution in [1.82, 2.24) is 15.5 Å². The average Bonchev–Trinajstić information content (AvgIpc) is 3.38. The molecular weight excluding hydrogens is 386 g/mol. The molecule has 0 radical (unpaired) electrons. The quantitative estimate of drug-likeness (QED) is 0.580. The van der Waals surface area contributed by atoms with Gasteiger partial charge in [-0.25, -0.2) is 0 Å². The van der Waals surface area contributed by atoms with Crippen LogP contribution in [0.25, 0.3) is 11.6 Å². The number of halogens is 1. The summed E-state index contributed by atoms with van der Waals surface area (Å²) in [5.74, 6) is 2.10. The first kappa shape index (κ1) is 19.8. The largest absolute Gasteiger partial charge is 0.493 e. The number of carbonyl (C=O) groups is 1. The topological polar surface area (TPSA) is 99.6 Å². The normalized spacial score (nSPS) is 10.7. The van der Waals surface area contributed by atoms with Crippen LogP contribution in [0.1, 0.15) is 24.8 Å². The van der Waals surface area contributed by atoms with E-state index in [0.717, 1.165) is 5.56 Å². The van der Waals surface area contributed by atoms with Crippen molar-refractivity contribution in [2.75, 3.05) is 13.7 Å². The van der Waals surface area contributed by atoms with Gasteiger partial charge in [-0.2, -0.15) is 4.98 Å². The molecule has 2 heterocycles. The molecule has 0 saturated heterocycles. The Kier molecular flexibility index (Phi) is 6.54. The van der Waals surface area contributed by atoms with Gasteiger partial charge in [0, 0.05) is 19.4 Å². The molecule has 8 nitrogen and oxygen atoms in total. The molecular formula is C19H20ClN3O5. The van der Waals surface area contributed by atoms with Crippen LogP contribution in [0, 0.1) is 0 Å². The fourth-order valence-electron chi connectivity index (χ4n) is 2.53. The van der Waals surface area contributed by atoms with Crippen LogP contribution in [0.5, 0.6) is 11.5 Å². The lowest BCUT2D eigenvalue weighted by atomic mass is 10.2. The van der Waals surface area contributed by atoms with Crippen molar-refractivity contribution in [1.29, 1.82) is 0 Å². The smallest absolute Gasteiger partial charge is 0.238 e. The first-order valence-electron chi connectivity index (χ1n) is 8.73. The van der Waals surface area contributed by atoms with Crippen molar-refractivity contribution in [3.63, 3.8) is 0 Å². The predicted octanol–water partition coefficient (Wildman–Crippen LogP) is 3.64. The van der Waals surface area contributed by atoms with Gasteiger partial charge in [-0.05, 0) is 36.8 Å². The Morgan fingerprint density at radius 1 is 1.36 bits per heavy atom. The van der Waals surface area contributed by atoms with Crippen LogP contribution in [-0.2, 0) is 17.8 Å². The molecule has 3 aromatic rings. The van der Waals surface area contributed by atoms with Gasteiger partial charge in [0.05, 0.1) is 25.0 Å². The Hall–Kier alpha value is -3.00. The van der Waals surface area contributed by atoms with Gasteiger partial charge in [0.15, 0.2) is 17.3 Å². The molecule has 3 rings (SSSR count). The predicted molar refractivity (Wildman–Crippen MR) is 101 cm³/mol. The van der Waals surface area contributed by atoms with E-state index in [-0.39, 0.29) is 12.3 Å². The summed E-state index contributed by atoms with van der Waals surface area (Å²) in [6.07, 6.45) is 2.07. The molecule has 0 saturated carbocycles. The first-order chi connectivity index (χ1) is 13.6. The van der Waals surface area contributed by atoms with Crippen molar-refractivity contribution in [2.24, 2.45) is 0 Å². The number of nitrogens with one attached hydrogen (secondary N) is 1. The van der Waals surface area contributed by atoms with Gasteiger partial charge in [0.1, 0.15) is 0 Å². The van der Waals surface area contributed by atoms with Gasteiger partial charge in [0.2, 0.25) is 17.6 Å². The summed E-state index contributed by atoms with van der Waals surface area (Å²) >= 11 is 6.24. The van der Waals surface area contributed by atoms with E-state index < -0.39 is 0 Å². The highest BCUT2D eigenvalue weighted by Crippen LogP contribution is 2.36. The second kappa shape index (κ2) is 9.27. The third kappa shape index (κ3) is 4.83. The summed E-state index contributed by atoms with van der Waals surface area (Å²) in [7, 11) is 1.54. The third-order valence-corrected chi connectivity index (χ3v) is 4.12. The molecule has 0 fully saturated rings. The molecule has 9 heteroatoms. The second-order valence-electron chi connectivity index (χ2n) is 5.81. The summed E-state index contributed by atoms with van der Waals surface area (Å²) in [6.45, 7) is 2.65. The highest BCUT2D eigenvalue weighted by atomic mass is 35.5. The monoisotopic (exact) mass is 405 g/mol. The highest BCUT2D eigenvalue weighted by molar-refractivity contribution is 6.32. The molecule has 0 spiro atoms. The molecule has 0 atom stereocenters. The van der Waals surface area contributed by atoms with Crippen LogP contribution < -0.4 is 14.8 Å². The molecule has 1 N–H and O–H groups in total. The maximum Gasteiger partial charge on any atom is 0.238 e. The number of carbonyl (C=O) groups excluding carboxylic acids is 1. The summed E-state index contributed by atoms with van der Waals surface area (Å²) in [5, 5.41) is 7.09. The SMILES string of the molecule is CCOc1c(Cl)cc(CNC(=O)CCc2nc(-c3ccco3)no2)cc1OC. The molecule has 1 aromatic carbocycles. The summed E-state index contributed by atoms with van der Waals surface area (Å²) in [5.41, 5.74) is 0.802. The number of aromatic nitrogens is 2. The van der Waals surface area contributed by atoms with Crippen molar-refractivity contribution >= 4 is 17.5 Å². The van der Waals surface area contributed by atoms with E-state index in [1.807, 2.05) is 6.92 Å². The van der Waals surface area contributed by atoms with E-state index in [1.165, 1.54) is 13.4 Å². The van der Waals surface area contributed by atoms with E-state index in [2.05, 4.69) is 15.5 Å². The summed E-state index contributed by atoms with van der Waals surface area (Å²) in [4.78, 5) is 16.3. The number of aryl methyl sites for hydroxylation is 1. The molecule has 2 aromatic heterocycles. The lowest BCUT2D eigenvalue weighted by Gasteiger charge is -2.13. The van der Waals surface area contributed by atoms with Gasteiger partial charge in [-0.1, -0.05) is 16.8 Å². The number of amides is 1. The lowest BCUT2D eigenvalue weighted by Crippen LogP contribution is -2.23. The Morgan fingerprint density at radius 3 is 2.93 bits per heavy atom. The molecule has 28 heavy (non-hydrogen) atoms. The standard InChI is InChI=1S/C19H20ClN3O5/c1-3-26-18-13(20)9-12(10-15(18)25-2)11-21-16(24)6-7-17-22-19(23-28-17)14-5-4-8-27-14/h4-5,8-10H,3,6-7,11H2,1-2H3,(H,21,24). The van der Waals surface area contributed by atoms with Gasteiger partial charge in [-0.3, -0.25) is 4.79 Å². The molecule has 0 bridgehead atoms. The van der Waals surface area contributed by atoms with Gasteiger partial charge in [0.25, 0.3) is 0 Å². The zero-order valence-corrected chi connectivity index (χ0v) is 16.3. The first-order valence-corrected chi connectivity index (χ1v) is 9.10. The number of methoxy groups -OCH3 is 1. The lowest BCUT2D eigenvalue weighted by molar-refractivity contribution is -0.121. The molecule has 0 unspecified atom stereocenters. The highest BCUT2D eigenvalue weighted by Gasteiger charge is 2.14. The number of hydrogen-bond acceptors (Lipinski definition) is 7. The number of hydrogen-bond donors (Lipinski definition) is 1. The van der Waals surface area contributed by atoms with Crippen LogP contribution in [0.3, 0.4) is 0 Å². The molecule has 1 amide bonds. The molecule has 0 aliphatic rings. The zero-order chi connectivity index (χ0) is 19.9. The van der Waals surface area contributed by atoms with Crippen molar-refractivity contribution in [3.05, 3.63) is 47.0 Å². The fourth-order valence-corrected chi connectivity index (χ4v) is 2.82. The zero-order valence-electron chi connectivity index (χ0n) is 15.5. The van der Waals surface area contributed by atoms with Gasteiger partial charge >= 0.3 is 0 Å². The minimum absolute atomic E-state index is 0.151. The Balaban J connectivity index is 1.52. The van der Waals surface area contributed by atoms with Crippen LogP contribution in [-0.4, -0.2) is 29.8 Å². The maximum absolute atomic E-state index is 12.1. The Bertz CT molecular complexity index is 924. The molecule has 0 aliphatic heterocycles. The van der Waals surface area contributed by atoms with Crippen LogP contribution in [0.15, 0.2) is 39.5 Å². The van der Waals surface area contributed by atoms with Crippen molar-refractivity contribution in [2.45, 2.75) is 26.3 Å². The number of furan rings is 1. The molecule has 0 aliphatic carbocycles. The molecule has 148 valence electrons. The van der Waals surface area contributed by atoms with E-state index in [9.17, 15) is 4.79 Å². The number of ether oxygens (including phenoxy) is 2.